The van der Waals surface area contributed by atoms with E-state index in [4.69, 9.17) is 18.9 Å². The van der Waals surface area contributed by atoms with Crippen LogP contribution in [0.4, 0.5) is 0 Å². The second-order valence-corrected chi connectivity index (χ2v) is 10.1. The van der Waals surface area contributed by atoms with Crippen LogP contribution < -0.4 is 0 Å². The van der Waals surface area contributed by atoms with E-state index in [1.807, 2.05) is 13.8 Å². The highest BCUT2D eigenvalue weighted by molar-refractivity contribution is 5.99. The molecule has 27 heavy (non-hydrogen) atoms. The van der Waals surface area contributed by atoms with Crippen LogP contribution in [0.25, 0.3) is 0 Å². The molecule has 7 heteroatoms. The first-order chi connectivity index (χ1) is 12.5. The smallest absolute Gasteiger partial charge is 0.317 e. The molecule has 0 aromatic carbocycles. The fraction of sp³-hybridized carbons (Fsp3) is 0.850. The maximum Gasteiger partial charge on any atom is 0.317 e. The molecular weight excluding hydrogens is 352 g/mol. The Kier molecular flexibility index (Phi) is 2.36. The van der Waals surface area contributed by atoms with E-state index in [0.29, 0.717) is 6.42 Å². The minimum Gasteiger partial charge on any atom is -0.461 e. The van der Waals surface area contributed by atoms with Crippen molar-refractivity contribution in [3.63, 3.8) is 0 Å². The van der Waals surface area contributed by atoms with Gasteiger partial charge < -0.3 is 18.9 Å². The largest absolute Gasteiger partial charge is 0.461 e. The summed E-state index contributed by atoms with van der Waals surface area (Å²) < 4.78 is 24.0. The maximum atomic E-state index is 13.5. The molecule has 0 radical (unpaired) electrons. The van der Waals surface area contributed by atoms with E-state index in [0.717, 1.165) is 0 Å². The van der Waals surface area contributed by atoms with Crippen molar-refractivity contribution in [2.75, 3.05) is 0 Å². The van der Waals surface area contributed by atoms with Crippen LogP contribution in [0.3, 0.4) is 0 Å². The zero-order chi connectivity index (χ0) is 19.4. The molecule has 4 aliphatic heterocycles. The molecule has 6 rings (SSSR count). The molecule has 9 atom stereocenters. The number of ether oxygens (including phenoxy) is 4. The van der Waals surface area contributed by atoms with Crippen LogP contribution >= 0.6 is 0 Å². The Morgan fingerprint density at radius 2 is 1.74 bits per heavy atom. The van der Waals surface area contributed by atoms with Crippen molar-refractivity contribution in [2.24, 2.45) is 28.1 Å². The van der Waals surface area contributed by atoms with E-state index in [9.17, 15) is 14.4 Å². The summed E-state index contributed by atoms with van der Waals surface area (Å²) in [6.45, 7) is 9.65. The Morgan fingerprint density at radius 3 is 2.41 bits per heavy atom. The number of fused-ring (bicyclic) bond motifs is 2. The molecule has 0 aromatic rings. The molecule has 0 amide bonds. The third kappa shape index (κ3) is 1.10. The highest BCUT2D eigenvalue weighted by atomic mass is 16.7. The van der Waals surface area contributed by atoms with Gasteiger partial charge in [-0.3, -0.25) is 14.4 Å². The van der Waals surface area contributed by atoms with Crippen molar-refractivity contribution in [1.29, 1.82) is 0 Å². The molecule has 2 aliphatic carbocycles. The molecule has 146 valence electrons. The standard InChI is InChI=1S/C20H24O7/c1-6-10(21)25-12-13-17(4)19(14(22)26-13)9-7-8-11(16(9,2)3)20(19,15(23)24-8)18(12,5)27-17/h8-9,11-13H,6-7H2,1-5H3. The molecule has 9 unspecified atom stereocenters. The van der Waals surface area contributed by atoms with Gasteiger partial charge in [-0.1, -0.05) is 20.8 Å². The lowest BCUT2D eigenvalue weighted by molar-refractivity contribution is -0.183. The number of carbonyl (C=O) groups is 3. The Morgan fingerprint density at radius 1 is 1.07 bits per heavy atom. The van der Waals surface area contributed by atoms with Crippen molar-refractivity contribution in [3.05, 3.63) is 0 Å². The fourth-order valence-corrected chi connectivity index (χ4v) is 8.77. The zero-order valence-corrected chi connectivity index (χ0v) is 16.2. The third-order valence-electron chi connectivity index (χ3n) is 9.18. The van der Waals surface area contributed by atoms with Crippen LogP contribution in [0.5, 0.6) is 0 Å². The van der Waals surface area contributed by atoms with Crippen molar-refractivity contribution in [1.82, 2.24) is 0 Å². The second kappa shape index (κ2) is 3.91. The Bertz CT molecular complexity index is 847. The molecule has 7 nitrogen and oxygen atoms in total. The maximum absolute atomic E-state index is 13.5. The van der Waals surface area contributed by atoms with Gasteiger partial charge >= 0.3 is 17.9 Å². The van der Waals surface area contributed by atoms with Crippen LogP contribution in [0.1, 0.15) is 47.5 Å². The molecule has 4 heterocycles. The lowest BCUT2D eigenvalue weighted by atomic mass is 9.44. The number of esters is 3. The summed E-state index contributed by atoms with van der Waals surface area (Å²) in [5.74, 6) is -1.39. The van der Waals surface area contributed by atoms with E-state index >= 15 is 0 Å². The van der Waals surface area contributed by atoms with Crippen LogP contribution in [0.2, 0.25) is 0 Å². The molecule has 6 fully saturated rings. The minimum atomic E-state index is -1.17. The summed E-state index contributed by atoms with van der Waals surface area (Å²) >= 11 is 0. The first kappa shape index (κ1) is 16.3. The summed E-state index contributed by atoms with van der Waals surface area (Å²) in [7, 11) is 0. The molecule has 0 aromatic heterocycles. The molecule has 6 aliphatic rings. The van der Waals surface area contributed by atoms with Gasteiger partial charge in [-0.15, -0.1) is 0 Å². The number of hydrogen-bond acceptors (Lipinski definition) is 7. The Balaban J connectivity index is 1.68. The summed E-state index contributed by atoms with van der Waals surface area (Å²) in [5, 5.41) is 0. The lowest BCUT2D eigenvalue weighted by Crippen LogP contribution is -2.69. The zero-order valence-electron chi connectivity index (χ0n) is 16.2. The Labute approximate surface area is 157 Å². The van der Waals surface area contributed by atoms with Gasteiger partial charge in [0, 0.05) is 12.3 Å². The fourth-order valence-electron chi connectivity index (χ4n) is 8.77. The molecule has 4 saturated heterocycles. The van der Waals surface area contributed by atoms with Gasteiger partial charge in [0.05, 0.1) is 0 Å². The van der Waals surface area contributed by atoms with Crippen molar-refractivity contribution < 1.29 is 33.3 Å². The van der Waals surface area contributed by atoms with Crippen molar-refractivity contribution in [2.45, 2.75) is 77.0 Å². The van der Waals surface area contributed by atoms with E-state index in [2.05, 4.69) is 13.8 Å². The van der Waals surface area contributed by atoms with Crippen LogP contribution in [-0.2, 0) is 33.3 Å². The summed E-state index contributed by atoms with van der Waals surface area (Å²) in [6, 6.07) is 0. The normalized spacial score (nSPS) is 59.8. The highest BCUT2D eigenvalue weighted by Gasteiger charge is 3.05. The van der Waals surface area contributed by atoms with Gasteiger partial charge in [0.2, 0.25) is 0 Å². The van der Waals surface area contributed by atoms with E-state index in [1.54, 1.807) is 6.92 Å². The predicted molar refractivity (Wildman–Crippen MR) is 88.1 cm³/mol. The van der Waals surface area contributed by atoms with E-state index < -0.39 is 40.2 Å². The summed E-state index contributed by atoms with van der Waals surface area (Å²) in [6.07, 6.45) is -0.872. The summed E-state index contributed by atoms with van der Waals surface area (Å²) in [5.41, 5.74) is -4.68. The van der Waals surface area contributed by atoms with Gasteiger partial charge in [-0.05, 0) is 31.6 Å². The molecule has 0 N–H and O–H groups in total. The molecule has 2 spiro atoms. The first-order valence-corrected chi connectivity index (χ1v) is 9.87. The van der Waals surface area contributed by atoms with Gasteiger partial charge in [0.25, 0.3) is 0 Å². The predicted octanol–water partition coefficient (Wildman–Crippen LogP) is 1.37. The minimum absolute atomic E-state index is 0.0707. The third-order valence-corrected chi connectivity index (χ3v) is 9.18. The monoisotopic (exact) mass is 376 g/mol. The average Bonchev–Trinajstić information content (AvgIpc) is 3.22. The number of rotatable bonds is 2. The topological polar surface area (TPSA) is 88.1 Å². The van der Waals surface area contributed by atoms with Crippen LogP contribution in [-0.4, -0.2) is 47.4 Å². The van der Waals surface area contributed by atoms with Gasteiger partial charge in [0.15, 0.2) is 12.2 Å². The van der Waals surface area contributed by atoms with Gasteiger partial charge in [-0.25, -0.2) is 0 Å². The Hall–Kier alpha value is -1.63. The first-order valence-electron chi connectivity index (χ1n) is 9.87. The van der Waals surface area contributed by atoms with Crippen molar-refractivity contribution >= 4 is 17.9 Å². The van der Waals surface area contributed by atoms with Crippen molar-refractivity contribution in [3.8, 4) is 0 Å². The molecule has 4 bridgehead atoms. The quantitative estimate of drug-likeness (QED) is 0.531. The van der Waals surface area contributed by atoms with Gasteiger partial charge in [0.1, 0.15) is 28.1 Å². The highest BCUT2D eigenvalue weighted by Crippen LogP contribution is 2.90. The number of carbonyl (C=O) groups excluding carboxylic acids is 3. The second-order valence-electron chi connectivity index (χ2n) is 10.1. The van der Waals surface area contributed by atoms with Crippen LogP contribution in [0, 0.1) is 28.1 Å². The lowest BCUT2D eigenvalue weighted by Gasteiger charge is -2.49. The summed E-state index contributed by atoms with van der Waals surface area (Å²) in [4.78, 5) is 39.2. The molecule has 2 saturated carbocycles. The molecular formula is C20H24O7. The SMILES string of the molecule is CCC(=O)OC1C2OC(=O)C34C5CC6OC(=O)C3(C6C5(C)C)C1(C)OC24C. The van der Waals surface area contributed by atoms with Gasteiger partial charge in [-0.2, -0.15) is 0 Å². The van der Waals surface area contributed by atoms with E-state index in [-0.39, 0.29) is 41.7 Å². The van der Waals surface area contributed by atoms with Crippen LogP contribution in [0.15, 0.2) is 0 Å². The average molecular weight is 376 g/mol. The number of hydrogen-bond donors (Lipinski definition) is 0. The van der Waals surface area contributed by atoms with E-state index in [1.165, 1.54) is 0 Å².